The van der Waals surface area contributed by atoms with E-state index in [2.05, 4.69) is 38.2 Å². The number of likely N-dealkylation sites (N-methyl/N-ethyl adjacent to an activating group) is 1. The summed E-state index contributed by atoms with van der Waals surface area (Å²) in [5.74, 6) is 0.229. The Kier molecular flexibility index (Phi) is 5.93. The van der Waals surface area contributed by atoms with E-state index in [-0.39, 0.29) is 21.6 Å². The van der Waals surface area contributed by atoms with Crippen LogP contribution in [0.3, 0.4) is 0 Å². The number of aromatic nitrogens is 3. The Bertz CT molecular complexity index is 1440. The molecular weight excluding hydrogens is 472 g/mol. The second-order valence-corrected chi connectivity index (χ2v) is 10.6. The zero-order chi connectivity index (χ0) is 23.9. The Labute approximate surface area is 203 Å². The van der Waals surface area contributed by atoms with E-state index in [1.54, 1.807) is 30.3 Å². The highest BCUT2D eigenvalue weighted by Crippen LogP contribution is 2.28. The minimum atomic E-state index is -3.84. The lowest BCUT2D eigenvalue weighted by atomic mass is 10.2. The summed E-state index contributed by atoms with van der Waals surface area (Å²) >= 11 is 6.41. The van der Waals surface area contributed by atoms with Crippen molar-refractivity contribution in [2.24, 2.45) is 0 Å². The summed E-state index contributed by atoms with van der Waals surface area (Å²) in [4.78, 5) is 13.7. The van der Waals surface area contributed by atoms with E-state index in [1.165, 1.54) is 6.20 Å². The Morgan fingerprint density at radius 3 is 2.44 bits per heavy atom. The van der Waals surface area contributed by atoms with Crippen LogP contribution in [0.2, 0.25) is 5.15 Å². The van der Waals surface area contributed by atoms with E-state index < -0.39 is 10.0 Å². The van der Waals surface area contributed by atoms with Crippen molar-refractivity contribution < 1.29 is 8.42 Å². The molecule has 2 aromatic heterocycles. The normalized spacial score (nSPS) is 15.1. The highest BCUT2D eigenvalue weighted by Gasteiger charge is 2.22. The molecular formula is C24H25ClN6O2S. The van der Waals surface area contributed by atoms with Crippen LogP contribution in [0, 0.1) is 6.92 Å². The molecule has 1 saturated heterocycles. The second kappa shape index (κ2) is 8.90. The lowest BCUT2D eigenvalue weighted by Gasteiger charge is -2.34. The zero-order valence-electron chi connectivity index (χ0n) is 18.9. The Morgan fingerprint density at radius 1 is 0.971 bits per heavy atom. The molecule has 1 fully saturated rings. The highest BCUT2D eigenvalue weighted by molar-refractivity contribution is 7.90. The minimum absolute atomic E-state index is 0.180. The molecule has 3 heterocycles. The molecule has 1 aliphatic rings. The quantitative estimate of drug-likeness (QED) is 0.416. The molecule has 0 atom stereocenters. The summed E-state index contributed by atoms with van der Waals surface area (Å²) in [6.45, 7) is 5.85. The molecule has 0 radical (unpaired) electrons. The van der Waals surface area contributed by atoms with Gasteiger partial charge in [-0.25, -0.2) is 17.4 Å². The first-order valence-electron chi connectivity index (χ1n) is 11.0. The molecule has 0 saturated carbocycles. The van der Waals surface area contributed by atoms with Crippen molar-refractivity contribution in [3.63, 3.8) is 0 Å². The van der Waals surface area contributed by atoms with Crippen LogP contribution < -0.4 is 10.2 Å². The largest absolute Gasteiger partial charge is 0.369 e. The summed E-state index contributed by atoms with van der Waals surface area (Å²) in [5.41, 5.74) is 3.10. The summed E-state index contributed by atoms with van der Waals surface area (Å²) in [6.07, 6.45) is 1.46. The predicted octanol–water partition coefficient (Wildman–Crippen LogP) is 4.13. The average molecular weight is 497 g/mol. The summed E-state index contributed by atoms with van der Waals surface area (Å²) in [6, 6.07) is 16.3. The van der Waals surface area contributed by atoms with Crippen molar-refractivity contribution in [1.82, 2.24) is 18.8 Å². The summed E-state index contributed by atoms with van der Waals surface area (Å²) < 4.78 is 27.7. The Hall–Kier alpha value is -3.14. The van der Waals surface area contributed by atoms with Crippen LogP contribution in [0.25, 0.3) is 11.0 Å². The fourth-order valence-electron chi connectivity index (χ4n) is 4.00. The summed E-state index contributed by atoms with van der Waals surface area (Å²) in [7, 11) is -1.72. The van der Waals surface area contributed by atoms with Crippen LogP contribution in [-0.2, 0) is 10.0 Å². The smallest absolute Gasteiger partial charge is 0.269 e. The molecule has 8 nitrogen and oxygen atoms in total. The van der Waals surface area contributed by atoms with Gasteiger partial charge in [-0.05, 0) is 50.4 Å². The van der Waals surface area contributed by atoms with Gasteiger partial charge in [-0.3, -0.25) is 0 Å². The van der Waals surface area contributed by atoms with E-state index in [0.29, 0.717) is 5.39 Å². The minimum Gasteiger partial charge on any atom is -0.369 e. The topological polar surface area (TPSA) is 83.4 Å². The number of hydrogen-bond acceptors (Lipinski definition) is 7. The maximum atomic E-state index is 13.3. The molecule has 34 heavy (non-hydrogen) atoms. The van der Waals surface area contributed by atoms with Gasteiger partial charge in [-0.2, -0.15) is 4.98 Å². The molecule has 5 rings (SSSR count). The number of halogens is 1. The third kappa shape index (κ3) is 4.34. The van der Waals surface area contributed by atoms with E-state index in [0.717, 1.165) is 47.1 Å². The van der Waals surface area contributed by atoms with Crippen LogP contribution in [0.1, 0.15) is 5.56 Å². The molecule has 4 aromatic rings. The average Bonchev–Trinajstić information content (AvgIpc) is 3.25. The van der Waals surface area contributed by atoms with Gasteiger partial charge in [0.2, 0.25) is 5.95 Å². The van der Waals surface area contributed by atoms with E-state index in [4.69, 9.17) is 11.6 Å². The Balaban J connectivity index is 1.48. The number of aryl methyl sites for hydroxylation is 1. The molecule has 10 heteroatoms. The van der Waals surface area contributed by atoms with Crippen molar-refractivity contribution in [3.05, 3.63) is 71.5 Å². The number of hydrogen-bond donors (Lipinski definition) is 1. The molecule has 1 aliphatic heterocycles. The molecule has 0 bridgehead atoms. The van der Waals surface area contributed by atoms with E-state index in [1.807, 2.05) is 25.1 Å². The maximum Gasteiger partial charge on any atom is 0.269 e. The van der Waals surface area contributed by atoms with Gasteiger partial charge < -0.3 is 15.1 Å². The van der Waals surface area contributed by atoms with Crippen LogP contribution in [0.5, 0.6) is 0 Å². The van der Waals surface area contributed by atoms with Crippen molar-refractivity contribution >= 4 is 50.0 Å². The first kappa shape index (κ1) is 22.6. The van der Waals surface area contributed by atoms with Gasteiger partial charge in [0.1, 0.15) is 5.15 Å². The SMILES string of the molecule is Cc1ccc(S(=O)(=O)n2ccc3c(Cl)nc(Nc4cccc(N5CCN(C)CC5)c4)nc32)cc1. The van der Waals surface area contributed by atoms with E-state index >= 15 is 0 Å². The molecule has 0 aliphatic carbocycles. The number of nitrogens with zero attached hydrogens (tertiary/aromatic N) is 5. The first-order valence-corrected chi connectivity index (χ1v) is 12.8. The zero-order valence-corrected chi connectivity index (χ0v) is 20.5. The Morgan fingerprint density at radius 2 is 1.71 bits per heavy atom. The molecule has 176 valence electrons. The third-order valence-corrected chi connectivity index (χ3v) is 7.98. The van der Waals surface area contributed by atoms with Gasteiger partial charge in [0.05, 0.1) is 10.3 Å². The van der Waals surface area contributed by atoms with Crippen LogP contribution in [0.15, 0.2) is 65.7 Å². The predicted molar refractivity (Wildman–Crippen MR) is 136 cm³/mol. The van der Waals surface area contributed by atoms with Gasteiger partial charge in [-0.1, -0.05) is 35.4 Å². The monoisotopic (exact) mass is 496 g/mol. The van der Waals surface area contributed by atoms with Gasteiger partial charge in [0.15, 0.2) is 5.65 Å². The summed E-state index contributed by atoms with van der Waals surface area (Å²) in [5, 5.41) is 3.84. The molecule has 0 spiro atoms. The number of nitrogens with one attached hydrogen (secondary N) is 1. The maximum absolute atomic E-state index is 13.3. The van der Waals surface area contributed by atoms with Crippen molar-refractivity contribution in [1.29, 1.82) is 0 Å². The first-order chi connectivity index (χ1) is 16.3. The number of anilines is 3. The lowest BCUT2D eigenvalue weighted by molar-refractivity contribution is 0.313. The standard InChI is InChI=1S/C24H25ClN6O2S/c1-17-6-8-20(9-7-17)34(32,33)31-11-10-21-22(25)27-24(28-23(21)31)26-18-4-3-5-19(16-18)30-14-12-29(2)13-15-30/h3-11,16H,12-15H2,1-2H3,(H,26,27,28). The number of piperazine rings is 1. The van der Waals surface area contributed by atoms with Gasteiger partial charge in [0, 0.05) is 43.8 Å². The third-order valence-electron chi connectivity index (χ3n) is 6.01. The number of benzene rings is 2. The van der Waals surface area contributed by atoms with E-state index in [9.17, 15) is 8.42 Å². The fraction of sp³-hybridized carbons (Fsp3) is 0.250. The number of rotatable bonds is 5. The molecule has 1 N–H and O–H groups in total. The second-order valence-electron chi connectivity index (χ2n) is 8.47. The van der Waals surface area contributed by atoms with Crippen LogP contribution >= 0.6 is 11.6 Å². The van der Waals surface area contributed by atoms with Crippen LogP contribution in [-0.4, -0.2) is 60.5 Å². The van der Waals surface area contributed by atoms with Gasteiger partial charge in [-0.15, -0.1) is 0 Å². The van der Waals surface area contributed by atoms with Crippen molar-refractivity contribution in [2.45, 2.75) is 11.8 Å². The van der Waals surface area contributed by atoms with Crippen LogP contribution in [0.4, 0.5) is 17.3 Å². The molecule has 2 aromatic carbocycles. The molecule has 0 amide bonds. The highest BCUT2D eigenvalue weighted by atomic mass is 35.5. The van der Waals surface area contributed by atoms with Crippen molar-refractivity contribution in [2.75, 3.05) is 43.4 Å². The lowest BCUT2D eigenvalue weighted by Crippen LogP contribution is -2.44. The van der Waals surface area contributed by atoms with Gasteiger partial charge in [0.25, 0.3) is 10.0 Å². The van der Waals surface area contributed by atoms with Crippen molar-refractivity contribution in [3.8, 4) is 0 Å². The fourth-order valence-corrected chi connectivity index (χ4v) is 5.53. The van der Waals surface area contributed by atoms with Gasteiger partial charge >= 0.3 is 0 Å². The molecule has 0 unspecified atom stereocenters. The number of fused-ring (bicyclic) bond motifs is 1.